The maximum atomic E-state index is 13.6. The Kier molecular flexibility index (Phi) is 5.11. The van der Waals surface area contributed by atoms with Gasteiger partial charge in [0.05, 0.1) is 7.11 Å². The van der Waals surface area contributed by atoms with Crippen molar-refractivity contribution >= 4 is 0 Å². The molecular weight excluding hydrogens is 276 g/mol. The van der Waals surface area contributed by atoms with Crippen molar-refractivity contribution in [3.05, 3.63) is 59.2 Å². The molecule has 0 saturated carbocycles. The number of nitrogens with one attached hydrogen (secondary N) is 1. The summed E-state index contributed by atoms with van der Waals surface area (Å²) in [6.45, 7) is 0.691. The van der Waals surface area contributed by atoms with Crippen LogP contribution in [0.1, 0.15) is 11.1 Å². The molecule has 3 nitrogen and oxygen atoms in total. The zero-order valence-corrected chi connectivity index (χ0v) is 12.0. The quantitative estimate of drug-likeness (QED) is 0.886. The summed E-state index contributed by atoms with van der Waals surface area (Å²) in [5, 5.41) is 3.04. The molecule has 2 aromatic carbocycles. The number of methoxy groups -OCH3 is 1. The van der Waals surface area contributed by atoms with Crippen molar-refractivity contribution in [1.82, 2.24) is 5.32 Å². The van der Waals surface area contributed by atoms with Crippen molar-refractivity contribution in [1.29, 1.82) is 0 Å². The molecule has 0 aromatic heterocycles. The fourth-order valence-electron chi connectivity index (χ4n) is 1.94. The van der Waals surface area contributed by atoms with Crippen LogP contribution in [-0.2, 0) is 13.2 Å². The number of halogens is 2. The summed E-state index contributed by atoms with van der Waals surface area (Å²) in [4.78, 5) is 0. The molecule has 0 aliphatic heterocycles. The molecule has 0 fully saturated rings. The Morgan fingerprint density at radius 3 is 2.52 bits per heavy atom. The van der Waals surface area contributed by atoms with Gasteiger partial charge in [-0.15, -0.1) is 0 Å². The minimum absolute atomic E-state index is 0.00544. The van der Waals surface area contributed by atoms with Crippen LogP contribution in [-0.4, -0.2) is 14.2 Å². The predicted octanol–water partition coefficient (Wildman–Crippen LogP) is 3.27. The van der Waals surface area contributed by atoms with Crippen LogP contribution in [0.3, 0.4) is 0 Å². The molecular formula is C16H17F2NO2. The van der Waals surface area contributed by atoms with E-state index in [4.69, 9.17) is 9.47 Å². The van der Waals surface area contributed by atoms with Gasteiger partial charge in [0.25, 0.3) is 0 Å². The SMILES string of the molecule is CNCc1ccc(OC)c(OCc2ccc(F)cc2F)c1. The number of hydrogen-bond donors (Lipinski definition) is 1. The van der Waals surface area contributed by atoms with E-state index in [1.54, 1.807) is 13.2 Å². The highest BCUT2D eigenvalue weighted by atomic mass is 19.1. The van der Waals surface area contributed by atoms with Gasteiger partial charge in [-0.25, -0.2) is 8.78 Å². The first-order valence-electron chi connectivity index (χ1n) is 6.52. The topological polar surface area (TPSA) is 30.5 Å². The first-order chi connectivity index (χ1) is 10.1. The monoisotopic (exact) mass is 293 g/mol. The number of benzene rings is 2. The van der Waals surface area contributed by atoms with Crippen LogP contribution >= 0.6 is 0 Å². The van der Waals surface area contributed by atoms with E-state index in [2.05, 4.69) is 5.32 Å². The van der Waals surface area contributed by atoms with Gasteiger partial charge in [-0.05, 0) is 36.9 Å². The highest BCUT2D eigenvalue weighted by molar-refractivity contribution is 5.43. The smallest absolute Gasteiger partial charge is 0.161 e. The second-order valence-corrected chi connectivity index (χ2v) is 4.54. The number of rotatable bonds is 6. The molecule has 21 heavy (non-hydrogen) atoms. The summed E-state index contributed by atoms with van der Waals surface area (Å²) < 4.78 is 37.3. The Hall–Kier alpha value is -2.14. The lowest BCUT2D eigenvalue weighted by atomic mass is 10.2. The Balaban J connectivity index is 2.16. The first-order valence-corrected chi connectivity index (χ1v) is 6.52. The summed E-state index contributed by atoms with van der Waals surface area (Å²) in [7, 11) is 3.39. The van der Waals surface area contributed by atoms with Crippen LogP contribution in [0, 0.1) is 11.6 Å². The second-order valence-electron chi connectivity index (χ2n) is 4.54. The number of ether oxygens (including phenoxy) is 2. The average Bonchev–Trinajstić information content (AvgIpc) is 2.47. The van der Waals surface area contributed by atoms with Gasteiger partial charge in [0.15, 0.2) is 11.5 Å². The normalized spacial score (nSPS) is 10.5. The third-order valence-electron chi connectivity index (χ3n) is 3.01. The second kappa shape index (κ2) is 7.04. The number of hydrogen-bond acceptors (Lipinski definition) is 3. The molecule has 0 bridgehead atoms. The van der Waals surface area contributed by atoms with Gasteiger partial charge in [-0.1, -0.05) is 6.07 Å². The molecule has 0 aliphatic carbocycles. The average molecular weight is 293 g/mol. The van der Waals surface area contributed by atoms with E-state index < -0.39 is 11.6 Å². The van der Waals surface area contributed by atoms with Crippen molar-refractivity contribution in [2.75, 3.05) is 14.2 Å². The molecule has 0 unspecified atom stereocenters. The van der Waals surface area contributed by atoms with Crippen molar-refractivity contribution in [2.24, 2.45) is 0 Å². The molecule has 112 valence electrons. The molecule has 2 aromatic rings. The molecule has 0 spiro atoms. The van der Waals surface area contributed by atoms with E-state index in [0.29, 0.717) is 18.0 Å². The Labute approximate surface area is 122 Å². The Morgan fingerprint density at radius 1 is 1.05 bits per heavy atom. The molecule has 0 heterocycles. The van der Waals surface area contributed by atoms with Gasteiger partial charge in [-0.3, -0.25) is 0 Å². The minimum atomic E-state index is -0.625. The lowest BCUT2D eigenvalue weighted by molar-refractivity contribution is 0.279. The fourth-order valence-corrected chi connectivity index (χ4v) is 1.94. The van der Waals surface area contributed by atoms with Crippen LogP contribution in [0.5, 0.6) is 11.5 Å². The van der Waals surface area contributed by atoms with Crippen LogP contribution in [0.25, 0.3) is 0 Å². The molecule has 0 radical (unpaired) electrons. The van der Waals surface area contributed by atoms with Crippen LogP contribution in [0.4, 0.5) is 8.78 Å². The molecule has 0 amide bonds. The van der Waals surface area contributed by atoms with E-state index in [0.717, 1.165) is 11.6 Å². The van der Waals surface area contributed by atoms with Gasteiger partial charge in [0.1, 0.15) is 18.2 Å². The standard InChI is InChI=1S/C16H17F2NO2/c1-19-9-11-3-6-15(20-2)16(7-11)21-10-12-4-5-13(17)8-14(12)18/h3-8,19H,9-10H2,1-2H3. The van der Waals surface area contributed by atoms with E-state index in [1.165, 1.54) is 12.1 Å². The molecule has 1 N–H and O–H groups in total. The summed E-state index contributed by atoms with van der Waals surface area (Å²) in [6, 6.07) is 8.96. The van der Waals surface area contributed by atoms with E-state index in [1.807, 2.05) is 19.2 Å². The molecule has 2 rings (SSSR count). The van der Waals surface area contributed by atoms with Gasteiger partial charge in [-0.2, -0.15) is 0 Å². The fraction of sp³-hybridized carbons (Fsp3) is 0.250. The predicted molar refractivity (Wildman–Crippen MR) is 76.4 cm³/mol. The van der Waals surface area contributed by atoms with E-state index in [-0.39, 0.29) is 12.2 Å². The lowest BCUT2D eigenvalue weighted by Crippen LogP contribution is -2.06. The van der Waals surface area contributed by atoms with Crippen LogP contribution in [0.2, 0.25) is 0 Å². The van der Waals surface area contributed by atoms with Gasteiger partial charge in [0, 0.05) is 18.2 Å². The highest BCUT2D eigenvalue weighted by Gasteiger charge is 2.09. The third kappa shape index (κ3) is 3.92. The Bertz CT molecular complexity index is 617. The van der Waals surface area contributed by atoms with Crippen LogP contribution in [0.15, 0.2) is 36.4 Å². The largest absolute Gasteiger partial charge is 0.493 e. The summed E-state index contributed by atoms with van der Waals surface area (Å²) in [5.41, 5.74) is 1.31. The van der Waals surface area contributed by atoms with Crippen LogP contribution < -0.4 is 14.8 Å². The highest BCUT2D eigenvalue weighted by Crippen LogP contribution is 2.29. The maximum Gasteiger partial charge on any atom is 0.161 e. The molecule has 5 heteroatoms. The van der Waals surface area contributed by atoms with E-state index >= 15 is 0 Å². The Morgan fingerprint density at radius 2 is 1.86 bits per heavy atom. The van der Waals surface area contributed by atoms with Gasteiger partial charge < -0.3 is 14.8 Å². The minimum Gasteiger partial charge on any atom is -0.493 e. The lowest BCUT2D eigenvalue weighted by Gasteiger charge is -2.13. The van der Waals surface area contributed by atoms with Crippen molar-refractivity contribution in [3.8, 4) is 11.5 Å². The molecule has 0 atom stereocenters. The molecule has 0 saturated heterocycles. The third-order valence-corrected chi connectivity index (χ3v) is 3.01. The summed E-state index contributed by atoms with van der Waals surface area (Å²) >= 11 is 0. The van der Waals surface area contributed by atoms with Gasteiger partial charge in [0.2, 0.25) is 0 Å². The van der Waals surface area contributed by atoms with Crippen molar-refractivity contribution in [3.63, 3.8) is 0 Å². The first kappa shape index (κ1) is 15.3. The zero-order chi connectivity index (χ0) is 15.2. The van der Waals surface area contributed by atoms with Crippen molar-refractivity contribution in [2.45, 2.75) is 13.2 Å². The van der Waals surface area contributed by atoms with E-state index in [9.17, 15) is 8.78 Å². The zero-order valence-electron chi connectivity index (χ0n) is 12.0. The summed E-state index contributed by atoms with van der Waals surface area (Å²) in [5.74, 6) is -0.142. The summed E-state index contributed by atoms with van der Waals surface area (Å²) in [6.07, 6.45) is 0. The molecule has 0 aliphatic rings. The van der Waals surface area contributed by atoms with Crippen molar-refractivity contribution < 1.29 is 18.3 Å². The van der Waals surface area contributed by atoms with Gasteiger partial charge >= 0.3 is 0 Å². The maximum absolute atomic E-state index is 13.6.